The standard InChI is InChI=1S/C11H21NO3/c1-4-15-10-5-7-12(8-6-10)11(13)9(2)14-3/h9-10H,4-8H2,1-3H3. The number of ether oxygens (including phenoxy) is 2. The van der Waals surface area contributed by atoms with E-state index < -0.39 is 0 Å². The van der Waals surface area contributed by atoms with Gasteiger partial charge < -0.3 is 14.4 Å². The van der Waals surface area contributed by atoms with Gasteiger partial charge in [0.2, 0.25) is 0 Å². The molecule has 0 aliphatic carbocycles. The van der Waals surface area contributed by atoms with Crippen LogP contribution in [0.5, 0.6) is 0 Å². The molecule has 0 spiro atoms. The molecule has 1 heterocycles. The Morgan fingerprint density at radius 3 is 2.53 bits per heavy atom. The Morgan fingerprint density at radius 2 is 2.07 bits per heavy atom. The summed E-state index contributed by atoms with van der Waals surface area (Å²) in [6.07, 6.45) is 1.89. The predicted molar refractivity (Wildman–Crippen MR) is 57.7 cm³/mol. The number of carbonyl (C=O) groups is 1. The summed E-state index contributed by atoms with van der Waals surface area (Å²) in [5, 5.41) is 0. The number of hydrogen-bond acceptors (Lipinski definition) is 3. The Kier molecular flexibility index (Phi) is 5.05. The maximum atomic E-state index is 11.8. The second-order valence-corrected chi connectivity index (χ2v) is 3.86. The van der Waals surface area contributed by atoms with Crippen molar-refractivity contribution in [1.29, 1.82) is 0 Å². The smallest absolute Gasteiger partial charge is 0.251 e. The zero-order valence-corrected chi connectivity index (χ0v) is 9.86. The monoisotopic (exact) mass is 215 g/mol. The molecule has 1 atom stereocenters. The molecule has 1 fully saturated rings. The molecule has 0 saturated carbocycles. The van der Waals surface area contributed by atoms with E-state index in [2.05, 4.69) is 0 Å². The fraction of sp³-hybridized carbons (Fsp3) is 0.909. The van der Waals surface area contributed by atoms with Crippen LogP contribution >= 0.6 is 0 Å². The highest BCUT2D eigenvalue weighted by Gasteiger charge is 2.25. The van der Waals surface area contributed by atoms with E-state index in [9.17, 15) is 4.79 Å². The Balaban J connectivity index is 2.33. The van der Waals surface area contributed by atoms with Crippen molar-refractivity contribution in [3.05, 3.63) is 0 Å². The van der Waals surface area contributed by atoms with Crippen molar-refractivity contribution in [2.24, 2.45) is 0 Å². The van der Waals surface area contributed by atoms with Crippen molar-refractivity contribution >= 4 is 5.91 Å². The third kappa shape index (κ3) is 3.47. The summed E-state index contributed by atoms with van der Waals surface area (Å²) >= 11 is 0. The van der Waals surface area contributed by atoms with Gasteiger partial charge in [-0.15, -0.1) is 0 Å². The van der Waals surface area contributed by atoms with Crippen LogP contribution in [0, 0.1) is 0 Å². The fourth-order valence-corrected chi connectivity index (χ4v) is 1.84. The molecule has 0 aromatic carbocycles. The van der Waals surface area contributed by atoms with Crippen LogP contribution in [0.2, 0.25) is 0 Å². The number of amides is 1. The lowest BCUT2D eigenvalue weighted by Gasteiger charge is -2.33. The second kappa shape index (κ2) is 6.08. The van der Waals surface area contributed by atoms with Crippen LogP contribution in [-0.2, 0) is 14.3 Å². The van der Waals surface area contributed by atoms with Crippen molar-refractivity contribution in [2.45, 2.75) is 38.9 Å². The van der Waals surface area contributed by atoms with Gasteiger partial charge in [-0.2, -0.15) is 0 Å². The van der Waals surface area contributed by atoms with Crippen molar-refractivity contribution in [3.8, 4) is 0 Å². The third-order valence-electron chi connectivity index (χ3n) is 2.86. The van der Waals surface area contributed by atoms with Gasteiger partial charge in [0.05, 0.1) is 6.10 Å². The number of likely N-dealkylation sites (tertiary alicyclic amines) is 1. The minimum absolute atomic E-state index is 0.0902. The number of piperidine rings is 1. The van der Waals surface area contributed by atoms with Crippen LogP contribution in [0.25, 0.3) is 0 Å². The molecule has 4 nitrogen and oxygen atoms in total. The van der Waals surface area contributed by atoms with Gasteiger partial charge in [0, 0.05) is 26.8 Å². The molecule has 1 saturated heterocycles. The molecule has 1 unspecified atom stereocenters. The summed E-state index contributed by atoms with van der Waals surface area (Å²) in [7, 11) is 1.56. The molecule has 88 valence electrons. The predicted octanol–water partition coefficient (Wildman–Crippen LogP) is 1.05. The lowest BCUT2D eigenvalue weighted by molar-refractivity contribution is -0.143. The molecule has 0 aromatic heterocycles. The summed E-state index contributed by atoms with van der Waals surface area (Å²) in [6.45, 7) is 6.13. The van der Waals surface area contributed by atoms with Crippen molar-refractivity contribution in [3.63, 3.8) is 0 Å². The molecular formula is C11H21NO3. The lowest BCUT2D eigenvalue weighted by Crippen LogP contribution is -2.45. The second-order valence-electron chi connectivity index (χ2n) is 3.86. The van der Waals surface area contributed by atoms with Crippen molar-refractivity contribution in [1.82, 2.24) is 4.90 Å². The number of carbonyl (C=O) groups excluding carboxylic acids is 1. The Bertz CT molecular complexity index is 200. The van der Waals surface area contributed by atoms with E-state index in [4.69, 9.17) is 9.47 Å². The Labute approximate surface area is 91.5 Å². The molecule has 0 bridgehead atoms. The van der Waals surface area contributed by atoms with Gasteiger partial charge in [-0.3, -0.25) is 4.79 Å². The number of nitrogens with zero attached hydrogens (tertiary/aromatic N) is 1. The molecule has 15 heavy (non-hydrogen) atoms. The van der Waals surface area contributed by atoms with Crippen LogP contribution in [0.3, 0.4) is 0 Å². The largest absolute Gasteiger partial charge is 0.378 e. The average molecular weight is 215 g/mol. The minimum atomic E-state index is -0.325. The van der Waals surface area contributed by atoms with E-state index in [0.717, 1.165) is 32.5 Å². The minimum Gasteiger partial charge on any atom is -0.378 e. The zero-order chi connectivity index (χ0) is 11.3. The van der Waals surface area contributed by atoms with E-state index in [1.807, 2.05) is 11.8 Å². The highest BCUT2D eigenvalue weighted by molar-refractivity contribution is 5.80. The van der Waals surface area contributed by atoms with E-state index in [0.29, 0.717) is 6.10 Å². The molecule has 4 heteroatoms. The van der Waals surface area contributed by atoms with Gasteiger partial charge in [-0.1, -0.05) is 0 Å². The SMILES string of the molecule is CCOC1CCN(C(=O)C(C)OC)CC1. The summed E-state index contributed by atoms with van der Waals surface area (Å²) in [5.41, 5.74) is 0. The van der Waals surface area contributed by atoms with Gasteiger partial charge in [0.15, 0.2) is 0 Å². The highest BCUT2D eigenvalue weighted by atomic mass is 16.5. The van der Waals surface area contributed by atoms with Crippen LogP contribution in [0.1, 0.15) is 26.7 Å². The molecule has 0 aromatic rings. The van der Waals surface area contributed by atoms with E-state index in [1.165, 1.54) is 0 Å². The van der Waals surface area contributed by atoms with E-state index >= 15 is 0 Å². The van der Waals surface area contributed by atoms with Gasteiger partial charge in [0.25, 0.3) is 5.91 Å². The molecule has 0 N–H and O–H groups in total. The normalized spacial score (nSPS) is 20.3. The first kappa shape index (κ1) is 12.5. The lowest BCUT2D eigenvalue weighted by atomic mass is 10.1. The van der Waals surface area contributed by atoms with E-state index in [1.54, 1.807) is 14.0 Å². The van der Waals surface area contributed by atoms with Crippen molar-refractivity contribution < 1.29 is 14.3 Å². The van der Waals surface area contributed by atoms with Crippen LogP contribution in [0.15, 0.2) is 0 Å². The quantitative estimate of drug-likeness (QED) is 0.703. The number of rotatable bonds is 4. The van der Waals surface area contributed by atoms with Gasteiger partial charge in [-0.25, -0.2) is 0 Å². The number of hydrogen-bond donors (Lipinski definition) is 0. The topological polar surface area (TPSA) is 38.8 Å². The first-order valence-corrected chi connectivity index (χ1v) is 5.62. The average Bonchev–Trinajstić information content (AvgIpc) is 2.28. The van der Waals surface area contributed by atoms with Gasteiger partial charge in [-0.05, 0) is 26.7 Å². The summed E-state index contributed by atoms with van der Waals surface area (Å²) in [6, 6.07) is 0. The Hall–Kier alpha value is -0.610. The van der Waals surface area contributed by atoms with Gasteiger partial charge >= 0.3 is 0 Å². The summed E-state index contributed by atoms with van der Waals surface area (Å²) < 4.78 is 10.5. The molecule has 1 aliphatic rings. The molecule has 0 radical (unpaired) electrons. The molecule has 1 rings (SSSR count). The van der Waals surface area contributed by atoms with Gasteiger partial charge in [0.1, 0.15) is 6.10 Å². The van der Waals surface area contributed by atoms with E-state index in [-0.39, 0.29) is 12.0 Å². The molecular weight excluding hydrogens is 194 g/mol. The van der Waals surface area contributed by atoms with Crippen LogP contribution in [0.4, 0.5) is 0 Å². The van der Waals surface area contributed by atoms with Crippen LogP contribution in [-0.4, -0.2) is 49.8 Å². The first-order valence-electron chi connectivity index (χ1n) is 5.62. The maximum Gasteiger partial charge on any atom is 0.251 e. The summed E-state index contributed by atoms with van der Waals surface area (Å²) in [5.74, 6) is 0.0902. The fourth-order valence-electron chi connectivity index (χ4n) is 1.84. The highest BCUT2D eigenvalue weighted by Crippen LogP contribution is 2.14. The summed E-state index contributed by atoms with van der Waals surface area (Å²) in [4.78, 5) is 13.6. The number of methoxy groups -OCH3 is 1. The maximum absolute atomic E-state index is 11.8. The first-order chi connectivity index (χ1) is 7.19. The molecule has 1 aliphatic heterocycles. The molecule has 1 amide bonds. The van der Waals surface area contributed by atoms with Crippen molar-refractivity contribution in [2.75, 3.05) is 26.8 Å². The Morgan fingerprint density at radius 1 is 1.47 bits per heavy atom. The third-order valence-corrected chi connectivity index (χ3v) is 2.86. The van der Waals surface area contributed by atoms with Crippen LogP contribution < -0.4 is 0 Å². The zero-order valence-electron chi connectivity index (χ0n) is 9.86.